The summed E-state index contributed by atoms with van der Waals surface area (Å²) in [5.74, 6) is 0. The van der Waals surface area contributed by atoms with Crippen molar-refractivity contribution in [2.45, 2.75) is 26.7 Å². The van der Waals surface area contributed by atoms with Crippen molar-refractivity contribution in [1.29, 1.82) is 0 Å². The Morgan fingerprint density at radius 1 is 1.22 bits per heavy atom. The average Bonchev–Trinajstić information content (AvgIpc) is 2.59. The Labute approximate surface area is 136 Å². The molecule has 0 aliphatic carbocycles. The van der Waals surface area contributed by atoms with Gasteiger partial charge in [0.25, 0.3) is 0 Å². The Morgan fingerprint density at radius 2 is 1.96 bits per heavy atom. The number of unbranched alkanes of at least 4 members (excludes halogenated alkanes) is 1. The third kappa shape index (κ3) is 3.06. The van der Waals surface area contributed by atoms with Crippen LogP contribution in [0, 0.1) is 6.92 Å². The quantitative estimate of drug-likeness (QED) is 0.857. The van der Waals surface area contributed by atoms with Crippen molar-refractivity contribution in [3.8, 4) is 0 Å². The van der Waals surface area contributed by atoms with Gasteiger partial charge in [0.05, 0.1) is 5.52 Å². The number of piperazine rings is 1. The predicted molar refractivity (Wildman–Crippen MR) is 94.4 cm³/mol. The maximum absolute atomic E-state index is 13.1. The summed E-state index contributed by atoms with van der Waals surface area (Å²) in [6, 6.07) is 7.98. The highest BCUT2D eigenvalue weighted by Crippen LogP contribution is 2.24. The van der Waals surface area contributed by atoms with Gasteiger partial charge in [0.1, 0.15) is 12.3 Å². The number of nitrogens with zero attached hydrogens (tertiary/aromatic N) is 2. The number of fused-ring (bicyclic) bond motifs is 1. The zero-order valence-electron chi connectivity index (χ0n) is 14.0. The number of hydrogen-bond donors (Lipinski definition) is 1. The molecule has 1 saturated heterocycles. The molecule has 1 aliphatic rings. The second-order valence-electron chi connectivity index (χ2n) is 6.01. The van der Waals surface area contributed by atoms with Gasteiger partial charge in [-0.05, 0) is 25.0 Å². The van der Waals surface area contributed by atoms with Crippen LogP contribution in [0.2, 0.25) is 0 Å². The lowest BCUT2D eigenvalue weighted by atomic mass is 10.1. The van der Waals surface area contributed by atoms with Gasteiger partial charge in [-0.2, -0.15) is 0 Å². The lowest BCUT2D eigenvalue weighted by Gasteiger charge is -2.31. The van der Waals surface area contributed by atoms with E-state index in [1.807, 2.05) is 25.1 Å². The molecule has 0 atom stereocenters. The van der Waals surface area contributed by atoms with Crippen molar-refractivity contribution < 1.29 is 4.84 Å². The largest absolute Gasteiger partial charge is 0.410 e. The number of nitrogens with one attached hydrogen (secondary N) is 1. The van der Waals surface area contributed by atoms with Crippen molar-refractivity contribution in [1.82, 2.24) is 10.0 Å². The van der Waals surface area contributed by atoms with Crippen LogP contribution in [0.4, 0.5) is 5.69 Å². The second-order valence-corrected chi connectivity index (χ2v) is 6.01. The summed E-state index contributed by atoms with van der Waals surface area (Å²) in [6.45, 7) is 8.23. The minimum Gasteiger partial charge on any atom is -0.410 e. The van der Waals surface area contributed by atoms with Crippen LogP contribution >= 0.6 is 0 Å². The molecule has 5 nitrogen and oxygen atoms in total. The third-order valence-corrected chi connectivity index (χ3v) is 4.42. The summed E-state index contributed by atoms with van der Waals surface area (Å²) in [5.41, 5.74) is 2.63. The smallest absolute Gasteiger partial charge is 0.307 e. The van der Waals surface area contributed by atoms with Crippen LogP contribution in [-0.2, 0) is 0 Å². The molecule has 0 amide bonds. The zero-order chi connectivity index (χ0) is 16.2. The molecule has 2 heterocycles. The van der Waals surface area contributed by atoms with Gasteiger partial charge in [-0.3, -0.25) is 4.79 Å². The Kier molecular flexibility index (Phi) is 4.86. The molecule has 124 valence electrons. The molecule has 0 radical (unpaired) electrons. The van der Waals surface area contributed by atoms with E-state index in [9.17, 15) is 4.79 Å². The summed E-state index contributed by atoms with van der Waals surface area (Å²) in [7, 11) is 0. The lowest BCUT2D eigenvalue weighted by Crippen LogP contribution is -2.47. The van der Waals surface area contributed by atoms with E-state index in [1.165, 1.54) is 4.73 Å². The van der Waals surface area contributed by atoms with Gasteiger partial charge in [-0.25, -0.2) is 0 Å². The molecule has 0 saturated carbocycles. The highest BCUT2D eigenvalue weighted by Gasteiger charge is 2.21. The minimum atomic E-state index is -0.0424. The third-order valence-electron chi connectivity index (χ3n) is 4.42. The highest BCUT2D eigenvalue weighted by atomic mass is 16.7. The molecule has 1 aromatic carbocycles. The van der Waals surface area contributed by atoms with Gasteiger partial charge in [-0.1, -0.05) is 31.5 Å². The molecule has 0 unspecified atom stereocenters. The highest BCUT2D eigenvalue weighted by molar-refractivity contribution is 5.86. The van der Waals surface area contributed by atoms with E-state index >= 15 is 0 Å². The van der Waals surface area contributed by atoms with E-state index in [4.69, 9.17) is 4.84 Å². The first-order valence-electron chi connectivity index (χ1n) is 8.47. The lowest BCUT2D eigenvalue weighted by molar-refractivity contribution is 0.110. The molecule has 1 N–H and O–H groups in total. The zero-order valence-corrected chi connectivity index (χ0v) is 14.0. The Bertz CT molecular complexity index is 733. The summed E-state index contributed by atoms with van der Waals surface area (Å²) in [5, 5.41) is 4.42. The van der Waals surface area contributed by atoms with E-state index in [0.29, 0.717) is 6.61 Å². The standard InChI is InChI=1S/C18H25N3O2/c1-3-4-13-23-21-16-8-6-5-7-15(16)14(2)17(18(21)22)20-11-9-19-10-12-20/h5-8,19H,3-4,9-13H2,1-2H3. The number of benzene rings is 1. The van der Waals surface area contributed by atoms with Crippen LogP contribution in [0.5, 0.6) is 0 Å². The summed E-state index contributed by atoms with van der Waals surface area (Å²) in [6.07, 6.45) is 1.99. The first-order valence-corrected chi connectivity index (χ1v) is 8.47. The first-order chi connectivity index (χ1) is 11.2. The molecule has 5 heteroatoms. The molecule has 1 aromatic heterocycles. The topological polar surface area (TPSA) is 46.5 Å². The molecule has 3 rings (SSSR count). The van der Waals surface area contributed by atoms with Crippen LogP contribution in [-0.4, -0.2) is 37.5 Å². The van der Waals surface area contributed by atoms with Crippen LogP contribution in [0.3, 0.4) is 0 Å². The molecule has 0 bridgehead atoms. The fourth-order valence-corrected chi connectivity index (χ4v) is 3.15. The molecule has 23 heavy (non-hydrogen) atoms. The Balaban J connectivity index is 2.13. The van der Waals surface area contributed by atoms with E-state index in [0.717, 1.165) is 61.2 Å². The Morgan fingerprint density at radius 3 is 2.70 bits per heavy atom. The van der Waals surface area contributed by atoms with Crippen LogP contribution in [0.1, 0.15) is 25.3 Å². The first kappa shape index (κ1) is 15.9. The number of rotatable bonds is 5. The maximum Gasteiger partial charge on any atom is 0.307 e. The number of aromatic nitrogens is 1. The second kappa shape index (κ2) is 7.04. The van der Waals surface area contributed by atoms with Gasteiger partial charge in [0.15, 0.2) is 0 Å². The van der Waals surface area contributed by atoms with E-state index in [2.05, 4.69) is 23.2 Å². The molecule has 1 aliphatic heterocycles. The summed E-state index contributed by atoms with van der Waals surface area (Å²) in [4.78, 5) is 21.1. The number of hydrogen-bond acceptors (Lipinski definition) is 4. The normalized spacial score (nSPS) is 15.1. The van der Waals surface area contributed by atoms with Crippen LogP contribution in [0.25, 0.3) is 10.9 Å². The van der Waals surface area contributed by atoms with Gasteiger partial charge in [0.2, 0.25) is 0 Å². The van der Waals surface area contributed by atoms with Crippen molar-refractivity contribution in [3.63, 3.8) is 0 Å². The minimum absolute atomic E-state index is 0.0424. The van der Waals surface area contributed by atoms with Gasteiger partial charge in [-0.15, -0.1) is 4.73 Å². The van der Waals surface area contributed by atoms with Crippen molar-refractivity contribution >= 4 is 16.6 Å². The number of aryl methyl sites for hydroxylation is 1. The summed E-state index contributed by atoms with van der Waals surface area (Å²) >= 11 is 0. The fourth-order valence-electron chi connectivity index (χ4n) is 3.15. The number of pyridine rings is 1. The summed E-state index contributed by atoms with van der Waals surface area (Å²) < 4.78 is 1.50. The molecular weight excluding hydrogens is 290 g/mol. The molecule has 0 spiro atoms. The van der Waals surface area contributed by atoms with Crippen LogP contribution < -0.4 is 20.6 Å². The van der Waals surface area contributed by atoms with E-state index in [1.54, 1.807) is 0 Å². The maximum atomic E-state index is 13.1. The number of anilines is 1. The molecule has 1 fully saturated rings. The van der Waals surface area contributed by atoms with Crippen LogP contribution in [0.15, 0.2) is 29.1 Å². The average molecular weight is 315 g/mol. The monoisotopic (exact) mass is 315 g/mol. The fraction of sp³-hybridized carbons (Fsp3) is 0.500. The predicted octanol–water partition coefficient (Wildman–Crippen LogP) is 1.95. The molecular formula is C18H25N3O2. The Hall–Kier alpha value is -2.01. The van der Waals surface area contributed by atoms with E-state index in [-0.39, 0.29) is 5.56 Å². The van der Waals surface area contributed by atoms with Gasteiger partial charge >= 0.3 is 5.56 Å². The SMILES string of the molecule is CCCCOn1c(=O)c(N2CCNCC2)c(C)c2ccccc21. The van der Waals surface area contributed by atoms with Crippen molar-refractivity contribution in [2.75, 3.05) is 37.7 Å². The van der Waals surface area contributed by atoms with Gasteiger partial charge in [0, 0.05) is 31.6 Å². The van der Waals surface area contributed by atoms with Crippen molar-refractivity contribution in [3.05, 3.63) is 40.2 Å². The van der Waals surface area contributed by atoms with Gasteiger partial charge < -0.3 is 15.1 Å². The van der Waals surface area contributed by atoms with Crippen molar-refractivity contribution in [2.24, 2.45) is 0 Å². The van der Waals surface area contributed by atoms with E-state index < -0.39 is 0 Å². The number of para-hydroxylation sites is 1. The molecule has 2 aromatic rings.